The van der Waals surface area contributed by atoms with Gasteiger partial charge in [0.15, 0.2) is 0 Å². The van der Waals surface area contributed by atoms with Gasteiger partial charge in [-0.1, -0.05) is 37.5 Å². The molecule has 0 atom stereocenters. The Morgan fingerprint density at radius 3 is 2.63 bits per heavy atom. The molecule has 3 N–H and O–H groups in total. The van der Waals surface area contributed by atoms with Gasteiger partial charge < -0.3 is 15.4 Å². The van der Waals surface area contributed by atoms with Crippen LogP contribution in [0, 0.1) is 0 Å². The van der Waals surface area contributed by atoms with E-state index in [4.69, 9.17) is 4.98 Å². The van der Waals surface area contributed by atoms with E-state index in [1.165, 1.54) is 19.3 Å². The lowest BCUT2D eigenvalue weighted by Gasteiger charge is -2.23. The van der Waals surface area contributed by atoms with Crippen molar-refractivity contribution in [1.82, 2.24) is 15.0 Å². The van der Waals surface area contributed by atoms with Crippen molar-refractivity contribution in [2.75, 3.05) is 5.32 Å². The number of carboxylic acids is 1. The minimum absolute atomic E-state index is 0.163. The molecule has 2 aromatic heterocycles. The van der Waals surface area contributed by atoms with E-state index in [1.807, 2.05) is 36.5 Å². The van der Waals surface area contributed by atoms with Crippen LogP contribution in [0.25, 0.3) is 11.3 Å². The predicted octanol–water partition coefficient (Wildman–Crippen LogP) is 4.96. The number of nitrogens with zero attached hydrogens (tertiary/aromatic N) is 2. The highest BCUT2D eigenvalue weighted by atomic mass is 16.4. The van der Waals surface area contributed by atoms with Crippen LogP contribution in [0.4, 0.5) is 11.6 Å². The molecule has 0 saturated heterocycles. The summed E-state index contributed by atoms with van der Waals surface area (Å²) in [5, 5.41) is 12.5. The van der Waals surface area contributed by atoms with Gasteiger partial charge in [0.1, 0.15) is 5.69 Å². The summed E-state index contributed by atoms with van der Waals surface area (Å²) in [6.45, 7) is 0. The average Bonchev–Trinajstić information content (AvgIpc) is 3.20. The summed E-state index contributed by atoms with van der Waals surface area (Å²) in [4.78, 5) is 23.4. The number of hydrogen-bond acceptors (Lipinski definition) is 4. The summed E-state index contributed by atoms with van der Waals surface area (Å²) in [6.07, 6.45) is 9.55. The summed E-state index contributed by atoms with van der Waals surface area (Å²) < 4.78 is 0. The minimum Gasteiger partial charge on any atom is -0.477 e. The number of aromatic amines is 1. The van der Waals surface area contributed by atoms with Gasteiger partial charge in [-0.25, -0.2) is 14.8 Å². The summed E-state index contributed by atoms with van der Waals surface area (Å²) >= 11 is 0. The first kappa shape index (κ1) is 17.3. The van der Waals surface area contributed by atoms with E-state index in [0.717, 1.165) is 35.3 Å². The summed E-state index contributed by atoms with van der Waals surface area (Å²) in [6, 6.07) is 11.4. The molecular weight excluding hydrogens is 340 g/mol. The largest absolute Gasteiger partial charge is 0.477 e. The van der Waals surface area contributed by atoms with Crippen LogP contribution in [-0.4, -0.2) is 26.0 Å². The lowest BCUT2D eigenvalue weighted by atomic mass is 9.83. The Kier molecular flexibility index (Phi) is 4.87. The van der Waals surface area contributed by atoms with Gasteiger partial charge in [-0.15, -0.1) is 0 Å². The monoisotopic (exact) mass is 362 g/mol. The van der Waals surface area contributed by atoms with Gasteiger partial charge in [0.05, 0.1) is 5.69 Å². The molecule has 138 valence electrons. The van der Waals surface area contributed by atoms with Crippen LogP contribution in [0.2, 0.25) is 0 Å². The molecular formula is C21H22N4O2. The van der Waals surface area contributed by atoms with Gasteiger partial charge in [-0.3, -0.25) is 0 Å². The number of aromatic nitrogens is 3. The molecule has 27 heavy (non-hydrogen) atoms. The van der Waals surface area contributed by atoms with Crippen molar-refractivity contribution in [2.24, 2.45) is 0 Å². The maximum Gasteiger partial charge on any atom is 0.352 e. The number of carboxylic acid groups (broad SMARTS) is 1. The van der Waals surface area contributed by atoms with Crippen molar-refractivity contribution in [1.29, 1.82) is 0 Å². The Morgan fingerprint density at radius 2 is 1.93 bits per heavy atom. The number of aromatic carboxylic acids is 1. The number of hydrogen-bond donors (Lipinski definition) is 3. The first-order valence-corrected chi connectivity index (χ1v) is 9.32. The molecule has 0 amide bonds. The Morgan fingerprint density at radius 1 is 1.15 bits per heavy atom. The predicted molar refractivity (Wildman–Crippen MR) is 104 cm³/mol. The normalized spacial score (nSPS) is 14.8. The first-order valence-electron chi connectivity index (χ1n) is 9.32. The van der Waals surface area contributed by atoms with E-state index in [9.17, 15) is 9.90 Å². The molecule has 1 aliphatic carbocycles. The number of H-pyrrole nitrogens is 1. The number of rotatable bonds is 5. The third kappa shape index (κ3) is 3.84. The molecule has 1 fully saturated rings. The molecule has 1 aromatic carbocycles. The second-order valence-corrected chi connectivity index (χ2v) is 6.93. The molecule has 6 nitrogen and oxygen atoms in total. The van der Waals surface area contributed by atoms with E-state index >= 15 is 0 Å². The van der Waals surface area contributed by atoms with E-state index in [1.54, 1.807) is 12.3 Å². The fourth-order valence-corrected chi connectivity index (χ4v) is 3.70. The molecule has 6 heteroatoms. The number of benzene rings is 1. The van der Waals surface area contributed by atoms with E-state index < -0.39 is 5.97 Å². The van der Waals surface area contributed by atoms with Crippen LogP contribution in [0.3, 0.4) is 0 Å². The van der Waals surface area contributed by atoms with Crippen molar-refractivity contribution < 1.29 is 9.90 Å². The second-order valence-electron chi connectivity index (χ2n) is 6.93. The fraction of sp³-hybridized carbons (Fsp3) is 0.286. The molecule has 4 rings (SSSR count). The zero-order valence-corrected chi connectivity index (χ0v) is 15.0. The Bertz CT molecular complexity index is 930. The molecule has 1 saturated carbocycles. The Balaban J connectivity index is 1.73. The highest BCUT2D eigenvalue weighted by molar-refractivity contribution is 5.87. The zero-order chi connectivity index (χ0) is 18.6. The molecule has 0 radical (unpaired) electrons. The van der Waals surface area contributed by atoms with Crippen molar-refractivity contribution in [3.8, 4) is 11.3 Å². The Labute approximate surface area is 157 Å². The van der Waals surface area contributed by atoms with Gasteiger partial charge in [0.2, 0.25) is 5.95 Å². The first-order chi connectivity index (χ1) is 13.2. The summed E-state index contributed by atoms with van der Waals surface area (Å²) in [5.41, 5.74) is 3.76. The molecule has 0 bridgehead atoms. The van der Waals surface area contributed by atoms with Gasteiger partial charge in [-0.05, 0) is 37.0 Å². The highest BCUT2D eigenvalue weighted by Crippen LogP contribution is 2.37. The van der Waals surface area contributed by atoms with Crippen molar-refractivity contribution in [3.05, 3.63) is 60.0 Å². The molecule has 0 spiro atoms. The third-order valence-electron chi connectivity index (χ3n) is 5.08. The van der Waals surface area contributed by atoms with Crippen LogP contribution in [0.5, 0.6) is 0 Å². The van der Waals surface area contributed by atoms with Crippen LogP contribution in [0.1, 0.15) is 54.1 Å². The van der Waals surface area contributed by atoms with Crippen LogP contribution < -0.4 is 5.32 Å². The van der Waals surface area contributed by atoms with E-state index in [-0.39, 0.29) is 5.69 Å². The Hall–Kier alpha value is -3.15. The number of para-hydroxylation sites is 1. The molecule has 3 aromatic rings. The van der Waals surface area contributed by atoms with E-state index in [2.05, 4.69) is 15.3 Å². The topological polar surface area (TPSA) is 90.9 Å². The molecule has 0 aliphatic heterocycles. The van der Waals surface area contributed by atoms with Crippen LogP contribution in [-0.2, 0) is 0 Å². The van der Waals surface area contributed by atoms with Crippen LogP contribution in [0.15, 0.2) is 48.8 Å². The summed E-state index contributed by atoms with van der Waals surface area (Å²) in [5.74, 6) is -0.0475. The van der Waals surface area contributed by atoms with Gasteiger partial charge in [-0.2, -0.15) is 0 Å². The lowest BCUT2D eigenvalue weighted by Crippen LogP contribution is -2.09. The zero-order valence-electron chi connectivity index (χ0n) is 15.0. The third-order valence-corrected chi connectivity index (χ3v) is 5.08. The van der Waals surface area contributed by atoms with Gasteiger partial charge in [0.25, 0.3) is 0 Å². The number of carbonyl (C=O) groups is 1. The average molecular weight is 362 g/mol. The van der Waals surface area contributed by atoms with Gasteiger partial charge >= 0.3 is 5.97 Å². The van der Waals surface area contributed by atoms with Crippen LogP contribution >= 0.6 is 0 Å². The number of anilines is 2. The van der Waals surface area contributed by atoms with Crippen molar-refractivity contribution in [2.45, 2.75) is 38.0 Å². The highest BCUT2D eigenvalue weighted by Gasteiger charge is 2.22. The summed E-state index contributed by atoms with van der Waals surface area (Å²) in [7, 11) is 0. The van der Waals surface area contributed by atoms with E-state index in [0.29, 0.717) is 11.9 Å². The smallest absolute Gasteiger partial charge is 0.352 e. The van der Waals surface area contributed by atoms with Gasteiger partial charge in [0, 0.05) is 29.2 Å². The van der Waals surface area contributed by atoms with Crippen molar-refractivity contribution >= 4 is 17.6 Å². The van der Waals surface area contributed by atoms with Crippen molar-refractivity contribution in [3.63, 3.8) is 0 Å². The molecule has 0 unspecified atom stereocenters. The quantitative estimate of drug-likeness (QED) is 0.597. The second kappa shape index (κ2) is 7.61. The standard InChI is InChI=1S/C21H22N4O2/c26-20(27)18-11-15(12-22-18)19-17(14-7-3-1-4-8-14)13-23-21(25-19)24-16-9-5-2-6-10-16/h2,5-6,9-14,22H,1,3-4,7-8H2,(H,26,27)(H,23,24,25). The molecule has 1 aliphatic rings. The minimum atomic E-state index is -0.975. The number of nitrogens with one attached hydrogen (secondary N) is 2. The molecule has 2 heterocycles. The lowest BCUT2D eigenvalue weighted by molar-refractivity contribution is 0.0691. The maximum absolute atomic E-state index is 11.3. The maximum atomic E-state index is 11.3. The SMILES string of the molecule is O=C(O)c1cc(-c2nc(Nc3ccccc3)ncc2C2CCCCC2)c[nH]1. The fourth-order valence-electron chi connectivity index (χ4n) is 3.70.